The van der Waals surface area contributed by atoms with E-state index in [1.54, 1.807) is 7.11 Å². The van der Waals surface area contributed by atoms with Crippen LogP contribution < -0.4 is 9.64 Å². The molecule has 2 aromatic carbocycles. The van der Waals surface area contributed by atoms with Gasteiger partial charge in [0.05, 0.1) is 25.8 Å². The molecule has 2 saturated heterocycles. The maximum Gasteiger partial charge on any atom is 0.414 e. The molecule has 2 atom stereocenters. The molecule has 0 aromatic heterocycles. The van der Waals surface area contributed by atoms with Gasteiger partial charge in [-0.05, 0) is 62.3 Å². The van der Waals surface area contributed by atoms with Crippen molar-refractivity contribution in [3.8, 4) is 5.75 Å². The molecule has 4 rings (SSSR count). The summed E-state index contributed by atoms with van der Waals surface area (Å²) in [6.45, 7) is 1.74. The minimum absolute atomic E-state index is 0.0749. The number of piperidine rings is 1. The number of hydrogen-bond acceptors (Lipinski definition) is 6. The van der Waals surface area contributed by atoms with Gasteiger partial charge in [0.1, 0.15) is 18.2 Å². The van der Waals surface area contributed by atoms with Gasteiger partial charge < -0.3 is 14.2 Å². The summed E-state index contributed by atoms with van der Waals surface area (Å²) >= 11 is 0. The van der Waals surface area contributed by atoms with Gasteiger partial charge in [0.2, 0.25) is 0 Å². The molecule has 2 fully saturated rings. The monoisotopic (exact) mass is 442 g/mol. The largest absolute Gasteiger partial charge is 0.497 e. The number of cyclic esters (lactones) is 1. The Morgan fingerprint density at radius 3 is 2.66 bits per heavy atom. The minimum Gasteiger partial charge on any atom is -0.497 e. The maximum absolute atomic E-state index is 14.4. The van der Waals surface area contributed by atoms with Crippen LogP contribution in [0.4, 0.5) is 14.9 Å². The summed E-state index contributed by atoms with van der Waals surface area (Å²) in [5.41, 5.74) is 1.34. The van der Waals surface area contributed by atoms with Crippen molar-refractivity contribution in [2.75, 3.05) is 45.4 Å². The van der Waals surface area contributed by atoms with Gasteiger partial charge >= 0.3 is 12.1 Å². The average Bonchev–Trinajstić information content (AvgIpc) is 3.24. The van der Waals surface area contributed by atoms with Gasteiger partial charge in [-0.3, -0.25) is 9.80 Å². The molecule has 0 aliphatic carbocycles. The van der Waals surface area contributed by atoms with E-state index in [-0.39, 0.29) is 30.7 Å². The van der Waals surface area contributed by atoms with E-state index in [2.05, 4.69) is 11.9 Å². The molecule has 0 N–H and O–H groups in total. The van der Waals surface area contributed by atoms with E-state index in [0.29, 0.717) is 12.2 Å². The molecule has 0 radical (unpaired) electrons. The van der Waals surface area contributed by atoms with Crippen LogP contribution in [0.15, 0.2) is 42.5 Å². The fourth-order valence-electron chi connectivity index (χ4n) is 4.49. The fourth-order valence-corrected chi connectivity index (χ4v) is 4.49. The predicted molar refractivity (Wildman–Crippen MR) is 116 cm³/mol. The van der Waals surface area contributed by atoms with Crippen LogP contribution in [0.25, 0.3) is 0 Å². The predicted octanol–water partition coefficient (Wildman–Crippen LogP) is 4.03. The first-order valence-corrected chi connectivity index (χ1v) is 10.7. The summed E-state index contributed by atoms with van der Waals surface area (Å²) in [6, 6.07) is 11.9. The second-order valence-corrected chi connectivity index (χ2v) is 8.13. The molecule has 1 amide bonds. The molecule has 0 spiro atoms. The van der Waals surface area contributed by atoms with Gasteiger partial charge in [-0.25, -0.2) is 14.0 Å². The molecule has 7 nitrogen and oxygen atoms in total. The van der Waals surface area contributed by atoms with Crippen molar-refractivity contribution < 1.29 is 28.2 Å². The highest BCUT2D eigenvalue weighted by atomic mass is 19.1. The zero-order chi connectivity index (χ0) is 22.7. The van der Waals surface area contributed by atoms with Crippen molar-refractivity contribution in [1.82, 2.24) is 4.90 Å². The number of hydrogen-bond donors (Lipinski definition) is 0. The maximum atomic E-state index is 14.4. The molecule has 2 aromatic rings. The van der Waals surface area contributed by atoms with E-state index >= 15 is 0 Å². The van der Waals surface area contributed by atoms with Crippen LogP contribution in [0, 0.1) is 11.7 Å². The van der Waals surface area contributed by atoms with Gasteiger partial charge in [0, 0.05) is 17.6 Å². The lowest BCUT2D eigenvalue weighted by Gasteiger charge is -2.39. The van der Waals surface area contributed by atoms with Crippen molar-refractivity contribution in [1.29, 1.82) is 0 Å². The van der Waals surface area contributed by atoms with E-state index in [1.165, 1.54) is 23.1 Å². The van der Waals surface area contributed by atoms with Gasteiger partial charge in [-0.2, -0.15) is 0 Å². The minimum atomic E-state index is -0.737. The summed E-state index contributed by atoms with van der Waals surface area (Å²) in [6.07, 6.45) is 1.38. The number of esters is 1. The van der Waals surface area contributed by atoms with E-state index < -0.39 is 17.9 Å². The van der Waals surface area contributed by atoms with Crippen molar-refractivity contribution in [2.24, 2.45) is 5.92 Å². The number of carbonyl (C=O) groups is 2. The lowest BCUT2D eigenvalue weighted by Crippen LogP contribution is -2.38. The van der Waals surface area contributed by atoms with Crippen molar-refractivity contribution in [3.63, 3.8) is 0 Å². The molecule has 170 valence electrons. The van der Waals surface area contributed by atoms with Crippen molar-refractivity contribution >= 4 is 17.7 Å². The van der Waals surface area contributed by atoms with Crippen LogP contribution in [0.3, 0.4) is 0 Å². The zero-order valence-electron chi connectivity index (χ0n) is 18.3. The third-order valence-corrected chi connectivity index (χ3v) is 6.14. The first-order valence-electron chi connectivity index (χ1n) is 10.7. The van der Waals surface area contributed by atoms with E-state index in [4.69, 9.17) is 14.2 Å². The van der Waals surface area contributed by atoms with E-state index in [1.807, 2.05) is 24.3 Å². The Morgan fingerprint density at radius 2 is 1.97 bits per heavy atom. The molecule has 0 bridgehead atoms. The molecule has 0 unspecified atom stereocenters. The molecule has 2 aliphatic rings. The highest BCUT2D eigenvalue weighted by molar-refractivity contribution is 5.94. The SMILES string of the molecule is COc1ccc([C@@H]2[C@@H](COC(=O)c3cc(N4CCOC4=O)ccc3F)CCCN2C)cc1. The topological polar surface area (TPSA) is 68.3 Å². The summed E-state index contributed by atoms with van der Waals surface area (Å²) < 4.78 is 30.1. The molecule has 8 heteroatoms. The number of rotatable bonds is 6. The smallest absolute Gasteiger partial charge is 0.414 e. The number of halogens is 1. The lowest BCUT2D eigenvalue weighted by atomic mass is 9.85. The lowest BCUT2D eigenvalue weighted by molar-refractivity contribution is 0.0232. The molecule has 2 aliphatic heterocycles. The summed E-state index contributed by atoms with van der Waals surface area (Å²) in [7, 11) is 3.69. The summed E-state index contributed by atoms with van der Waals surface area (Å²) in [4.78, 5) is 28.2. The van der Waals surface area contributed by atoms with Crippen LogP contribution in [-0.4, -0.2) is 57.4 Å². The number of likely N-dealkylation sites (tertiary alicyclic amines) is 1. The number of ether oxygens (including phenoxy) is 3. The van der Waals surface area contributed by atoms with Crippen LogP contribution in [0.1, 0.15) is 34.8 Å². The third kappa shape index (κ3) is 4.55. The average molecular weight is 442 g/mol. The summed E-state index contributed by atoms with van der Waals surface area (Å²) in [5.74, 6) is -0.560. The standard InChI is InChI=1S/C24H27FN2O5/c1-26-11-3-4-17(22(26)16-5-8-19(30-2)9-6-16)15-32-23(28)20-14-18(7-10-21(20)25)27-12-13-31-24(27)29/h5-10,14,17,22H,3-4,11-13,15H2,1-2H3/t17-,22-/m1/s1. The highest BCUT2D eigenvalue weighted by Gasteiger charge is 2.32. The Kier molecular flexibility index (Phi) is 6.60. The highest BCUT2D eigenvalue weighted by Crippen LogP contribution is 2.36. The van der Waals surface area contributed by atoms with E-state index in [9.17, 15) is 14.0 Å². The van der Waals surface area contributed by atoms with Crippen LogP contribution >= 0.6 is 0 Å². The molecule has 32 heavy (non-hydrogen) atoms. The summed E-state index contributed by atoms with van der Waals surface area (Å²) in [5, 5.41) is 0. The van der Waals surface area contributed by atoms with Gasteiger partial charge in [-0.1, -0.05) is 12.1 Å². The number of amides is 1. The van der Waals surface area contributed by atoms with Gasteiger partial charge in [0.25, 0.3) is 0 Å². The normalized spacial score (nSPS) is 21.3. The number of carbonyl (C=O) groups excluding carboxylic acids is 2. The van der Waals surface area contributed by atoms with Crippen molar-refractivity contribution in [2.45, 2.75) is 18.9 Å². The van der Waals surface area contributed by atoms with E-state index in [0.717, 1.165) is 30.7 Å². The Balaban J connectivity index is 1.47. The molecule has 0 saturated carbocycles. The number of anilines is 1. The Morgan fingerprint density at radius 1 is 1.19 bits per heavy atom. The molecule has 2 heterocycles. The second-order valence-electron chi connectivity index (χ2n) is 8.13. The Labute approximate surface area is 186 Å². The van der Waals surface area contributed by atoms with Crippen LogP contribution in [0.5, 0.6) is 5.75 Å². The zero-order valence-corrected chi connectivity index (χ0v) is 18.3. The Bertz CT molecular complexity index is 981. The van der Waals surface area contributed by atoms with Crippen LogP contribution in [-0.2, 0) is 9.47 Å². The van der Waals surface area contributed by atoms with Gasteiger partial charge in [-0.15, -0.1) is 0 Å². The fraction of sp³-hybridized carbons (Fsp3) is 0.417. The van der Waals surface area contributed by atoms with Crippen LogP contribution in [0.2, 0.25) is 0 Å². The quantitative estimate of drug-likeness (QED) is 0.630. The number of nitrogens with zero attached hydrogens (tertiary/aromatic N) is 2. The molecular formula is C24H27FN2O5. The Hall–Kier alpha value is -3.13. The second kappa shape index (κ2) is 9.56. The number of methoxy groups -OCH3 is 1. The van der Waals surface area contributed by atoms with Gasteiger partial charge in [0.15, 0.2) is 0 Å². The first-order chi connectivity index (χ1) is 15.5. The number of benzene rings is 2. The molecular weight excluding hydrogens is 415 g/mol. The van der Waals surface area contributed by atoms with Crippen molar-refractivity contribution in [3.05, 3.63) is 59.4 Å². The third-order valence-electron chi connectivity index (χ3n) is 6.14. The first kappa shape index (κ1) is 22.1.